The first-order chi connectivity index (χ1) is 15.5. The van der Waals surface area contributed by atoms with Gasteiger partial charge >= 0.3 is 0 Å². The van der Waals surface area contributed by atoms with Crippen molar-refractivity contribution in [2.45, 2.75) is 9.92 Å². The van der Waals surface area contributed by atoms with Gasteiger partial charge in [0.05, 0.1) is 16.7 Å². The van der Waals surface area contributed by atoms with Gasteiger partial charge in [-0.25, -0.2) is 10.4 Å². The monoisotopic (exact) mass is 445 g/mol. The quantitative estimate of drug-likeness (QED) is 0.210. The van der Waals surface area contributed by atoms with E-state index >= 15 is 0 Å². The molecule has 2 aromatic heterocycles. The van der Waals surface area contributed by atoms with E-state index in [0.29, 0.717) is 10.7 Å². The summed E-state index contributed by atoms with van der Waals surface area (Å²) < 4.78 is 1.39. The zero-order chi connectivity index (χ0) is 22.5. The highest BCUT2D eigenvalue weighted by molar-refractivity contribution is 7.99. The molecule has 0 unspecified atom stereocenters. The summed E-state index contributed by atoms with van der Waals surface area (Å²) in [6.07, 6.45) is 2.83. The number of hydrogen-bond acceptors (Lipinski definition) is 7. The van der Waals surface area contributed by atoms with E-state index in [2.05, 4.69) is 15.5 Å². The molecule has 0 aliphatic heterocycles. The number of amides is 1. The molecule has 158 valence electrons. The Balaban J connectivity index is 1.66. The number of hydrogen-bond donors (Lipinski definition) is 1. The van der Waals surface area contributed by atoms with Gasteiger partial charge in [-0.2, -0.15) is 5.10 Å². The van der Waals surface area contributed by atoms with Gasteiger partial charge in [0.15, 0.2) is 0 Å². The molecule has 0 radical (unpaired) electrons. The van der Waals surface area contributed by atoms with E-state index in [4.69, 9.17) is 0 Å². The summed E-state index contributed by atoms with van der Waals surface area (Å²) in [4.78, 5) is 41.1. The summed E-state index contributed by atoms with van der Waals surface area (Å²) in [6, 6.07) is 19.9. The Labute approximate surface area is 185 Å². The lowest BCUT2D eigenvalue weighted by atomic mass is 10.2. The molecule has 0 aliphatic carbocycles. The molecule has 1 N–H and O–H groups in total. The van der Waals surface area contributed by atoms with Crippen molar-refractivity contribution in [2.75, 3.05) is 0 Å². The zero-order valence-corrected chi connectivity index (χ0v) is 17.2. The van der Waals surface area contributed by atoms with E-state index in [-0.39, 0.29) is 22.4 Å². The van der Waals surface area contributed by atoms with Crippen molar-refractivity contribution in [1.82, 2.24) is 14.8 Å². The van der Waals surface area contributed by atoms with Crippen LogP contribution in [0.3, 0.4) is 0 Å². The largest absolute Gasteiger partial charge is 0.271 e. The standard InChI is InChI=1S/C22H15N5O4S/c28-20(15-7-6-8-16(13-15)27(30)31)25-23-14-18-21(32-17-9-2-1-3-10-17)24-19-11-4-5-12-26(19)22(18)29/h1-14H,(H,25,28)/b23-14+. The molecule has 32 heavy (non-hydrogen) atoms. The van der Waals surface area contributed by atoms with E-state index in [1.807, 2.05) is 30.3 Å². The van der Waals surface area contributed by atoms with Crippen molar-refractivity contribution in [3.8, 4) is 0 Å². The van der Waals surface area contributed by atoms with Crippen LogP contribution in [0.4, 0.5) is 5.69 Å². The maximum absolute atomic E-state index is 13.0. The molecule has 0 saturated carbocycles. The van der Waals surface area contributed by atoms with Crippen LogP contribution in [0, 0.1) is 10.1 Å². The molecule has 0 aliphatic rings. The summed E-state index contributed by atoms with van der Waals surface area (Å²) in [5, 5.41) is 15.2. The van der Waals surface area contributed by atoms with Crippen molar-refractivity contribution < 1.29 is 9.72 Å². The van der Waals surface area contributed by atoms with E-state index in [1.54, 1.807) is 24.4 Å². The molecule has 0 atom stereocenters. The highest BCUT2D eigenvalue weighted by Gasteiger charge is 2.14. The molecular formula is C22H15N5O4S. The number of benzene rings is 2. The molecule has 4 aromatic rings. The molecular weight excluding hydrogens is 430 g/mol. The van der Waals surface area contributed by atoms with Crippen molar-refractivity contribution in [3.05, 3.63) is 111 Å². The molecule has 4 rings (SSSR count). The van der Waals surface area contributed by atoms with Gasteiger partial charge in [-0.15, -0.1) is 0 Å². The summed E-state index contributed by atoms with van der Waals surface area (Å²) in [6.45, 7) is 0. The van der Waals surface area contributed by atoms with Gasteiger partial charge in [-0.1, -0.05) is 42.1 Å². The zero-order valence-electron chi connectivity index (χ0n) is 16.4. The van der Waals surface area contributed by atoms with Gasteiger partial charge in [0.1, 0.15) is 10.7 Å². The Morgan fingerprint density at radius 3 is 2.66 bits per heavy atom. The summed E-state index contributed by atoms with van der Waals surface area (Å²) in [5.41, 5.74) is 2.50. The summed E-state index contributed by atoms with van der Waals surface area (Å²) >= 11 is 1.30. The number of pyridine rings is 1. The highest BCUT2D eigenvalue weighted by atomic mass is 32.2. The number of hydrazone groups is 1. The van der Waals surface area contributed by atoms with E-state index in [9.17, 15) is 19.7 Å². The van der Waals surface area contributed by atoms with Crippen LogP contribution in [0.1, 0.15) is 15.9 Å². The van der Waals surface area contributed by atoms with Crippen molar-refractivity contribution in [3.63, 3.8) is 0 Å². The maximum atomic E-state index is 13.0. The fourth-order valence-corrected chi connectivity index (χ4v) is 3.76. The minimum atomic E-state index is -0.643. The van der Waals surface area contributed by atoms with Gasteiger partial charge < -0.3 is 0 Å². The molecule has 0 saturated heterocycles. The molecule has 10 heteroatoms. The van der Waals surface area contributed by atoms with Crippen LogP contribution in [0.25, 0.3) is 5.65 Å². The normalized spacial score (nSPS) is 11.0. The van der Waals surface area contributed by atoms with E-state index in [0.717, 1.165) is 11.0 Å². The predicted octanol–water partition coefficient (Wildman–Crippen LogP) is 3.52. The third kappa shape index (κ3) is 4.55. The average Bonchev–Trinajstić information content (AvgIpc) is 2.81. The minimum Gasteiger partial charge on any atom is -0.268 e. The van der Waals surface area contributed by atoms with Crippen LogP contribution < -0.4 is 11.0 Å². The second kappa shape index (κ2) is 9.23. The first-order valence-corrected chi connectivity index (χ1v) is 10.2. The predicted molar refractivity (Wildman–Crippen MR) is 120 cm³/mol. The topological polar surface area (TPSA) is 119 Å². The maximum Gasteiger partial charge on any atom is 0.271 e. The molecule has 2 heterocycles. The minimum absolute atomic E-state index is 0.0728. The molecule has 2 aromatic carbocycles. The Hall–Kier alpha value is -4.31. The number of nitrogens with one attached hydrogen (secondary N) is 1. The lowest BCUT2D eigenvalue weighted by Crippen LogP contribution is -2.23. The van der Waals surface area contributed by atoms with Crippen LogP contribution in [-0.4, -0.2) is 26.4 Å². The molecule has 0 bridgehead atoms. The number of nitro benzene ring substituents is 1. The third-order valence-corrected chi connectivity index (χ3v) is 5.38. The van der Waals surface area contributed by atoms with Gasteiger partial charge in [0.2, 0.25) is 0 Å². The lowest BCUT2D eigenvalue weighted by Gasteiger charge is -2.08. The number of fused-ring (bicyclic) bond motifs is 1. The highest BCUT2D eigenvalue weighted by Crippen LogP contribution is 2.27. The fraction of sp³-hybridized carbons (Fsp3) is 0. The number of non-ortho nitro benzene ring substituents is 1. The first kappa shape index (κ1) is 20.9. The first-order valence-electron chi connectivity index (χ1n) is 9.35. The average molecular weight is 445 g/mol. The molecule has 9 nitrogen and oxygen atoms in total. The van der Waals surface area contributed by atoms with E-state index < -0.39 is 10.8 Å². The number of nitro groups is 1. The van der Waals surface area contributed by atoms with Crippen molar-refractivity contribution >= 4 is 35.2 Å². The smallest absolute Gasteiger partial charge is 0.268 e. The van der Waals surface area contributed by atoms with Gasteiger partial charge in [-0.3, -0.25) is 24.1 Å². The number of nitrogens with zero attached hydrogens (tertiary/aromatic N) is 4. The molecule has 0 spiro atoms. The Kier molecular flexibility index (Phi) is 6.04. The van der Waals surface area contributed by atoms with Gasteiger partial charge in [0, 0.05) is 28.8 Å². The summed E-state index contributed by atoms with van der Waals surface area (Å²) in [7, 11) is 0. The lowest BCUT2D eigenvalue weighted by molar-refractivity contribution is -0.384. The van der Waals surface area contributed by atoms with Crippen LogP contribution in [0.2, 0.25) is 0 Å². The second-order valence-corrected chi connectivity index (χ2v) is 7.55. The fourth-order valence-electron chi connectivity index (χ4n) is 2.85. The second-order valence-electron chi connectivity index (χ2n) is 6.49. The van der Waals surface area contributed by atoms with E-state index in [1.165, 1.54) is 40.6 Å². The molecule has 0 fully saturated rings. The number of carbonyl (C=O) groups excluding carboxylic acids is 1. The van der Waals surface area contributed by atoms with Crippen molar-refractivity contribution in [1.29, 1.82) is 0 Å². The van der Waals surface area contributed by atoms with Crippen molar-refractivity contribution in [2.24, 2.45) is 5.10 Å². The Morgan fingerprint density at radius 2 is 1.88 bits per heavy atom. The number of rotatable bonds is 6. The number of aromatic nitrogens is 2. The molecule has 1 amide bonds. The SMILES string of the molecule is O=C(N/N=C/c1c(Sc2ccccc2)nc2ccccn2c1=O)c1cccc([N+](=O)[O-])c1. The Morgan fingerprint density at radius 1 is 1.09 bits per heavy atom. The van der Waals surface area contributed by atoms with Crippen LogP contribution in [-0.2, 0) is 0 Å². The van der Waals surface area contributed by atoms with Crippen LogP contribution >= 0.6 is 11.8 Å². The van der Waals surface area contributed by atoms with Crippen LogP contribution in [0.5, 0.6) is 0 Å². The van der Waals surface area contributed by atoms with Gasteiger partial charge in [-0.05, 0) is 30.3 Å². The van der Waals surface area contributed by atoms with Crippen LogP contribution in [0.15, 0.2) is 98.8 Å². The third-order valence-electron chi connectivity index (χ3n) is 4.37. The summed E-state index contributed by atoms with van der Waals surface area (Å²) in [5.74, 6) is -0.643. The number of carbonyl (C=O) groups is 1. The van der Waals surface area contributed by atoms with Gasteiger partial charge in [0.25, 0.3) is 17.2 Å². The Bertz CT molecular complexity index is 1400.